The summed E-state index contributed by atoms with van der Waals surface area (Å²) in [5, 5.41) is 0.500. The van der Waals surface area contributed by atoms with E-state index < -0.39 is 24.5 Å². The number of hydrogen-bond donors (Lipinski definition) is 0. The topological polar surface area (TPSA) is 89.7 Å². The number of ether oxygens (including phenoxy) is 1. The maximum atomic E-state index is 12.7. The number of oxazole rings is 1. The highest BCUT2D eigenvalue weighted by atomic mass is 32.2. The molecule has 158 valence electrons. The van der Waals surface area contributed by atoms with Crippen LogP contribution in [-0.4, -0.2) is 34.4 Å². The van der Waals surface area contributed by atoms with Gasteiger partial charge in [-0.3, -0.25) is 9.59 Å². The van der Waals surface area contributed by atoms with E-state index in [1.54, 1.807) is 36.4 Å². The van der Waals surface area contributed by atoms with Crippen molar-refractivity contribution < 1.29 is 23.5 Å². The third kappa shape index (κ3) is 3.65. The standard InChI is InChI=1S/C24H16N2O5S/c27-21-17-9-3-4-10-18(17)22(28)26(21)14-30-23(29)16-8-2-1-7-15(16)13-32-24-25-19-11-5-6-12-20(19)31-24/h1-12H,13-14H2. The summed E-state index contributed by atoms with van der Waals surface area (Å²) in [5.74, 6) is -1.13. The zero-order chi connectivity index (χ0) is 22.1. The number of carbonyl (C=O) groups excluding carboxylic acids is 3. The molecule has 0 bridgehead atoms. The molecule has 0 N–H and O–H groups in total. The second-order valence-electron chi connectivity index (χ2n) is 7.04. The maximum Gasteiger partial charge on any atom is 0.340 e. The lowest BCUT2D eigenvalue weighted by Gasteiger charge is -2.15. The van der Waals surface area contributed by atoms with Crippen molar-refractivity contribution in [1.82, 2.24) is 9.88 Å². The number of aromatic nitrogens is 1. The molecule has 8 heteroatoms. The van der Waals surface area contributed by atoms with Gasteiger partial charge in [0.05, 0.1) is 16.7 Å². The lowest BCUT2D eigenvalue weighted by atomic mass is 10.1. The van der Waals surface area contributed by atoms with Gasteiger partial charge in [-0.1, -0.05) is 54.2 Å². The summed E-state index contributed by atoms with van der Waals surface area (Å²) in [6, 6.07) is 21.0. The molecular formula is C24H16N2O5S. The first-order valence-corrected chi connectivity index (χ1v) is 10.8. The Kier molecular flexibility index (Phi) is 5.20. The van der Waals surface area contributed by atoms with Crippen molar-refractivity contribution in [2.75, 3.05) is 6.73 Å². The number of para-hydroxylation sites is 2. The Bertz CT molecular complexity index is 1300. The number of thioether (sulfide) groups is 1. The third-order valence-electron chi connectivity index (χ3n) is 5.07. The molecule has 0 unspecified atom stereocenters. The van der Waals surface area contributed by atoms with Gasteiger partial charge in [-0.05, 0) is 35.9 Å². The fraction of sp³-hybridized carbons (Fsp3) is 0.0833. The van der Waals surface area contributed by atoms with Crippen LogP contribution in [0.25, 0.3) is 11.1 Å². The molecule has 0 atom stereocenters. The first-order chi connectivity index (χ1) is 15.6. The van der Waals surface area contributed by atoms with Gasteiger partial charge in [-0.2, -0.15) is 0 Å². The normalized spacial score (nSPS) is 12.9. The van der Waals surface area contributed by atoms with Gasteiger partial charge in [0.1, 0.15) is 5.52 Å². The Morgan fingerprint density at radius 3 is 2.31 bits per heavy atom. The number of carbonyl (C=O) groups is 3. The van der Waals surface area contributed by atoms with E-state index in [9.17, 15) is 14.4 Å². The van der Waals surface area contributed by atoms with Crippen LogP contribution in [0.2, 0.25) is 0 Å². The lowest BCUT2D eigenvalue weighted by Crippen LogP contribution is -2.33. The van der Waals surface area contributed by atoms with Crippen LogP contribution in [0.5, 0.6) is 0 Å². The summed E-state index contributed by atoms with van der Waals surface area (Å²) in [6.45, 7) is -0.447. The Morgan fingerprint density at radius 1 is 0.906 bits per heavy atom. The minimum atomic E-state index is -0.615. The average Bonchev–Trinajstić information content (AvgIpc) is 3.35. The van der Waals surface area contributed by atoms with Crippen LogP contribution >= 0.6 is 11.8 Å². The molecule has 1 aliphatic heterocycles. The van der Waals surface area contributed by atoms with Gasteiger partial charge < -0.3 is 9.15 Å². The van der Waals surface area contributed by atoms with Crippen molar-refractivity contribution in [2.24, 2.45) is 0 Å². The molecular weight excluding hydrogens is 428 g/mol. The highest BCUT2D eigenvalue weighted by Gasteiger charge is 2.35. The summed E-state index contributed by atoms with van der Waals surface area (Å²) >= 11 is 1.36. The quantitative estimate of drug-likeness (QED) is 0.245. The van der Waals surface area contributed by atoms with E-state index in [1.165, 1.54) is 11.8 Å². The molecule has 1 aromatic heterocycles. The number of amides is 2. The molecule has 0 aliphatic carbocycles. The molecule has 0 saturated heterocycles. The fourth-order valence-electron chi connectivity index (χ4n) is 3.45. The highest BCUT2D eigenvalue weighted by molar-refractivity contribution is 7.98. The van der Waals surface area contributed by atoms with E-state index >= 15 is 0 Å². The van der Waals surface area contributed by atoms with Gasteiger partial charge in [0, 0.05) is 5.75 Å². The number of imide groups is 1. The molecule has 1 aliphatic rings. The van der Waals surface area contributed by atoms with E-state index in [1.807, 2.05) is 36.4 Å². The van der Waals surface area contributed by atoms with Crippen LogP contribution in [0.4, 0.5) is 0 Å². The van der Waals surface area contributed by atoms with E-state index in [2.05, 4.69) is 4.98 Å². The molecule has 2 amide bonds. The number of benzene rings is 3. The molecule has 0 fully saturated rings. The Labute approximate surface area is 187 Å². The Hall–Kier alpha value is -3.91. The lowest BCUT2D eigenvalue weighted by molar-refractivity contribution is 0.0227. The smallest absolute Gasteiger partial charge is 0.340 e. The monoisotopic (exact) mass is 444 g/mol. The van der Waals surface area contributed by atoms with Crippen molar-refractivity contribution in [3.8, 4) is 0 Å². The van der Waals surface area contributed by atoms with Crippen LogP contribution in [0, 0.1) is 0 Å². The fourth-order valence-corrected chi connectivity index (χ4v) is 4.30. The van der Waals surface area contributed by atoms with Crippen molar-refractivity contribution in [3.63, 3.8) is 0 Å². The average molecular weight is 444 g/mol. The minimum Gasteiger partial charge on any atom is -0.440 e. The SMILES string of the molecule is O=C(OCN1C(=O)c2ccccc2C1=O)c1ccccc1CSc1nc2ccccc2o1. The molecule has 2 heterocycles. The first kappa shape index (κ1) is 20.0. The van der Waals surface area contributed by atoms with Gasteiger partial charge in [0.15, 0.2) is 12.3 Å². The zero-order valence-corrected chi connectivity index (χ0v) is 17.5. The zero-order valence-electron chi connectivity index (χ0n) is 16.7. The molecule has 32 heavy (non-hydrogen) atoms. The van der Waals surface area contributed by atoms with Crippen molar-refractivity contribution in [2.45, 2.75) is 11.0 Å². The number of esters is 1. The Morgan fingerprint density at radius 2 is 1.56 bits per heavy atom. The van der Waals surface area contributed by atoms with Crippen LogP contribution in [0.1, 0.15) is 36.6 Å². The summed E-state index contributed by atoms with van der Waals surface area (Å²) in [4.78, 5) is 43.0. The second-order valence-corrected chi connectivity index (χ2v) is 7.96. The number of rotatable bonds is 6. The van der Waals surface area contributed by atoms with Gasteiger partial charge in [-0.25, -0.2) is 14.7 Å². The molecule has 0 spiro atoms. The number of nitrogens with zero attached hydrogens (tertiary/aromatic N) is 2. The summed E-state index contributed by atoms with van der Waals surface area (Å²) in [6.07, 6.45) is 0. The predicted octanol–water partition coefficient (Wildman–Crippen LogP) is 4.53. The van der Waals surface area contributed by atoms with Crippen LogP contribution < -0.4 is 0 Å². The third-order valence-corrected chi connectivity index (χ3v) is 5.94. The molecule has 4 aromatic rings. The highest BCUT2D eigenvalue weighted by Crippen LogP contribution is 2.28. The van der Waals surface area contributed by atoms with Crippen molar-refractivity contribution in [1.29, 1.82) is 0 Å². The van der Waals surface area contributed by atoms with Gasteiger partial charge in [0.2, 0.25) is 0 Å². The summed E-state index contributed by atoms with van der Waals surface area (Å²) in [7, 11) is 0. The van der Waals surface area contributed by atoms with Crippen LogP contribution in [0.15, 0.2) is 82.4 Å². The van der Waals surface area contributed by atoms with Gasteiger partial charge in [-0.15, -0.1) is 0 Å². The largest absolute Gasteiger partial charge is 0.440 e. The number of fused-ring (bicyclic) bond motifs is 2. The molecule has 5 rings (SSSR count). The van der Waals surface area contributed by atoms with Crippen LogP contribution in [0.3, 0.4) is 0 Å². The molecule has 3 aromatic carbocycles. The predicted molar refractivity (Wildman–Crippen MR) is 117 cm³/mol. The van der Waals surface area contributed by atoms with Gasteiger partial charge in [0.25, 0.3) is 17.0 Å². The molecule has 0 saturated carbocycles. The Balaban J connectivity index is 1.27. The number of hydrogen-bond acceptors (Lipinski definition) is 7. The van der Waals surface area contributed by atoms with Gasteiger partial charge >= 0.3 is 5.97 Å². The summed E-state index contributed by atoms with van der Waals surface area (Å²) in [5.41, 5.74) is 3.17. The van der Waals surface area contributed by atoms with E-state index in [4.69, 9.17) is 9.15 Å². The van der Waals surface area contributed by atoms with Crippen molar-refractivity contribution in [3.05, 3.63) is 95.1 Å². The molecule has 0 radical (unpaired) electrons. The van der Waals surface area contributed by atoms with Crippen LogP contribution in [-0.2, 0) is 10.5 Å². The summed E-state index contributed by atoms with van der Waals surface area (Å²) < 4.78 is 11.0. The maximum absolute atomic E-state index is 12.7. The second kappa shape index (κ2) is 8.32. The minimum absolute atomic E-state index is 0.309. The van der Waals surface area contributed by atoms with Crippen molar-refractivity contribution >= 4 is 40.6 Å². The van der Waals surface area contributed by atoms with E-state index in [-0.39, 0.29) is 0 Å². The van der Waals surface area contributed by atoms with E-state index in [0.717, 1.165) is 16.0 Å². The first-order valence-electron chi connectivity index (χ1n) is 9.80. The molecule has 7 nitrogen and oxygen atoms in total. The van der Waals surface area contributed by atoms with E-state index in [0.29, 0.717) is 33.2 Å².